The van der Waals surface area contributed by atoms with E-state index in [0.717, 1.165) is 12.0 Å². The molecule has 0 spiro atoms. The first kappa shape index (κ1) is 17.4. The molecule has 130 valence electrons. The molecule has 0 saturated heterocycles. The molecule has 0 radical (unpaired) electrons. The van der Waals surface area contributed by atoms with E-state index >= 15 is 0 Å². The molecule has 0 saturated carbocycles. The third kappa shape index (κ3) is 3.79. The first-order valence-electron chi connectivity index (χ1n) is 8.27. The Hall–Kier alpha value is -2.47. The lowest BCUT2D eigenvalue weighted by Gasteiger charge is -2.21. The van der Waals surface area contributed by atoms with Gasteiger partial charge < -0.3 is 4.74 Å². The van der Waals surface area contributed by atoms with Crippen molar-refractivity contribution in [2.24, 2.45) is 5.92 Å². The molecule has 1 aromatic carbocycles. The van der Waals surface area contributed by atoms with Crippen LogP contribution in [0, 0.1) is 5.92 Å². The van der Waals surface area contributed by atoms with Crippen molar-refractivity contribution in [1.82, 2.24) is 9.38 Å². The molecular formula is C19H20N2O3S. The smallest absolute Gasteiger partial charge is 0.314 e. The minimum atomic E-state index is -0.322. The molecule has 0 amide bonds. The molecule has 25 heavy (non-hydrogen) atoms. The van der Waals surface area contributed by atoms with E-state index in [-0.39, 0.29) is 30.0 Å². The van der Waals surface area contributed by atoms with Gasteiger partial charge in [-0.15, -0.1) is 11.3 Å². The van der Waals surface area contributed by atoms with Gasteiger partial charge in [0.15, 0.2) is 4.96 Å². The molecule has 2 unspecified atom stereocenters. The van der Waals surface area contributed by atoms with Gasteiger partial charge in [0, 0.05) is 17.6 Å². The summed E-state index contributed by atoms with van der Waals surface area (Å²) in [6, 6.07) is 11.1. The van der Waals surface area contributed by atoms with Gasteiger partial charge in [-0.1, -0.05) is 50.6 Å². The normalized spacial score (nSPS) is 13.5. The van der Waals surface area contributed by atoms with Crippen LogP contribution in [0.3, 0.4) is 0 Å². The second-order valence-corrected chi connectivity index (χ2v) is 6.90. The summed E-state index contributed by atoms with van der Waals surface area (Å²) in [6.45, 7) is 4.10. The third-order valence-corrected chi connectivity index (χ3v) is 5.10. The molecule has 2 aromatic heterocycles. The number of thiazole rings is 1. The van der Waals surface area contributed by atoms with Crippen LogP contribution in [-0.4, -0.2) is 15.4 Å². The quantitative estimate of drug-likeness (QED) is 0.633. The highest BCUT2D eigenvalue weighted by molar-refractivity contribution is 7.15. The Morgan fingerprint density at radius 2 is 2.08 bits per heavy atom. The highest BCUT2D eigenvalue weighted by Crippen LogP contribution is 2.28. The molecule has 6 heteroatoms. The van der Waals surface area contributed by atoms with Gasteiger partial charge in [-0.05, 0) is 11.5 Å². The molecule has 0 aliphatic carbocycles. The molecule has 0 bridgehead atoms. The van der Waals surface area contributed by atoms with Crippen molar-refractivity contribution in [1.29, 1.82) is 0 Å². The van der Waals surface area contributed by atoms with Gasteiger partial charge in [0.25, 0.3) is 5.56 Å². The Kier molecular flexibility index (Phi) is 5.28. The fraction of sp³-hybridized carbons (Fsp3) is 0.316. The maximum atomic E-state index is 12.7. The highest BCUT2D eigenvalue weighted by Gasteiger charge is 2.27. The molecule has 5 nitrogen and oxygen atoms in total. The number of esters is 1. The molecule has 0 fully saturated rings. The van der Waals surface area contributed by atoms with Gasteiger partial charge in [0.2, 0.25) is 0 Å². The lowest BCUT2D eigenvalue weighted by atomic mass is 9.86. The maximum Gasteiger partial charge on any atom is 0.314 e. The fourth-order valence-electron chi connectivity index (χ4n) is 2.79. The summed E-state index contributed by atoms with van der Waals surface area (Å²) in [4.78, 5) is 29.7. The van der Waals surface area contributed by atoms with Crippen molar-refractivity contribution in [2.45, 2.75) is 32.8 Å². The molecule has 3 aromatic rings. The fourth-order valence-corrected chi connectivity index (χ4v) is 3.53. The van der Waals surface area contributed by atoms with Gasteiger partial charge in [-0.3, -0.25) is 14.0 Å². The summed E-state index contributed by atoms with van der Waals surface area (Å²) in [7, 11) is 0. The van der Waals surface area contributed by atoms with Gasteiger partial charge in [0.05, 0.1) is 11.6 Å². The minimum absolute atomic E-state index is 0.00222. The zero-order valence-corrected chi connectivity index (χ0v) is 15.0. The number of nitrogens with zero attached hydrogens (tertiary/aromatic N) is 2. The van der Waals surface area contributed by atoms with Crippen molar-refractivity contribution < 1.29 is 9.53 Å². The van der Waals surface area contributed by atoms with Crippen LogP contribution < -0.4 is 5.56 Å². The zero-order valence-electron chi connectivity index (χ0n) is 14.2. The van der Waals surface area contributed by atoms with E-state index in [2.05, 4.69) is 11.9 Å². The number of aromatic nitrogens is 2. The number of benzene rings is 1. The van der Waals surface area contributed by atoms with E-state index < -0.39 is 0 Å². The van der Waals surface area contributed by atoms with Crippen LogP contribution in [0.1, 0.15) is 37.4 Å². The summed E-state index contributed by atoms with van der Waals surface area (Å²) in [6.07, 6.45) is 2.55. The van der Waals surface area contributed by atoms with Crippen LogP contribution in [0.5, 0.6) is 0 Å². The van der Waals surface area contributed by atoms with Crippen molar-refractivity contribution in [3.63, 3.8) is 0 Å². The monoisotopic (exact) mass is 356 g/mol. The van der Waals surface area contributed by atoms with E-state index in [1.165, 1.54) is 21.8 Å². The summed E-state index contributed by atoms with van der Waals surface area (Å²) in [5.74, 6) is -0.445. The van der Waals surface area contributed by atoms with Gasteiger partial charge >= 0.3 is 5.97 Å². The standard InChI is InChI=1S/C19H20N2O3S/c1-3-13(2)17(14-7-5-4-6-8-14)18(23)24-12-15-11-16(22)21-9-10-25-19(21)20-15/h4-11,13,17H,3,12H2,1-2H3. The van der Waals surface area contributed by atoms with Gasteiger partial charge in [-0.2, -0.15) is 0 Å². The topological polar surface area (TPSA) is 60.7 Å². The van der Waals surface area contributed by atoms with E-state index in [9.17, 15) is 9.59 Å². The SMILES string of the molecule is CCC(C)C(C(=O)OCc1cc(=O)n2ccsc2n1)c1ccccc1. The first-order valence-corrected chi connectivity index (χ1v) is 9.15. The average Bonchev–Trinajstić information content (AvgIpc) is 3.10. The Labute approximate surface area is 149 Å². The Morgan fingerprint density at radius 3 is 2.80 bits per heavy atom. The number of fused-ring (bicyclic) bond motifs is 1. The average molecular weight is 356 g/mol. The van der Waals surface area contributed by atoms with Crippen molar-refractivity contribution >= 4 is 22.3 Å². The third-order valence-electron chi connectivity index (χ3n) is 4.34. The molecule has 0 aliphatic heterocycles. The molecule has 2 atom stereocenters. The Morgan fingerprint density at radius 1 is 1.32 bits per heavy atom. The van der Waals surface area contributed by atoms with Crippen LogP contribution in [0.4, 0.5) is 0 Å². The van der Waals surface area contributed by atoms with Crippen LogP contribution in [0.15, 0.2) is 52.8 Å². The van der Waals surface area contributed by atoms with Crippen LogP contribution >= 0.6 is 11.3 Å². The second-order valence-electron chi connectivity index (χ2n) is 6.02. The summed E-state index contributed by atoms with van der Waals surface area (Å²) in [5.41, 5.74) is 1.25. The molecule has 0 N–H and O–H groups in total. The van der Waals surface area contributed by atoms with Crippen LogP contribution in [-0.2, 0) is 16.1 Å². The summed E-state index contributed by atoms with van der Waals surface area (Å²) in [5, 5.41) is 1.80. The number of carbonyl (C=O) groups excluding carboxylic acids is 1. The van der Waals surface area contributed by atoms with Crippen LogP contribution in [0.2, 0.25) is 0 Å². The largest absolute Gasteiger partial charge is 0.459 e. The Balaban J connectivity index is 1.77. The number of ether oxygens (including phenoxy) is 1. The van der Waals surface area contributed by atoms with Gasteiger partial charge in [0.1, 0.15) is 6.61 Å². The second kappa shape index (κ2) is 7.61. The number of hydrogen-bond donors (Lipinski definition) is 0. The molecular weight excluding hydrogens is 336 g/mol. The highest BCUT2D eigenvalue weighted by atomic mass is 32.1. The first-order chi connectivity index (χ1) is 12.1. The van der Waals surface area contributed by atoms with Gasteiger partial charge in [-0.25, -0.2) is 4.98 Å². The van der Waals surface area contributed by atoms with Crippen LogP contribution in [0.25, 0.3) is 4.96 Å². The molecule has 2 heterocycles. The molecule has 0 aliphatic rings. The number of carbonyl (C=O) groups is 1. The van der Waals surface area contributed by atoms with Crippen molar-refractivity contribution in [3.8, 4) is 0 Å². The number of hydrogen-bond acceptors (Lipinski definition) is 5. The van der Waals surface area contributed by atoms with Crippen molar-refractivity contribution in [3.05, 3.63) is 69.6 Å². The maximum absolute atomic E-state index is 12.7. The minimum Gasteiger partial charge on any atom is -0.459 e. The lowest BCUT2D eigenvalue weighted by molar-refractivity contribution is -0.148. The van der Waals surface area contributed by atoms with E-state index in [1.54, 1.807) is 11.6 Å². The van der Waals surface area contributed by atoms with E-state index in [4.69, 9.17) is 4.74 Å². The lowest BCUT2D eigenvalue weighted by Crippen LogP contribution is -2.23. The Bertz CT molecular complexity index is 917. The van der Waals surface area contributed by atoms with E-state index in [0.29, 0.717) is 10.7 Å². The molecule has 3 rings (SSSR count). The predicted molar refractivity (Wildman–Crippen MR) is 97.8 cm³/mol. The number of rotatable bonds is 6. The summed E-state index contributed by atoms with van der Waals surface area (Å²) >= 11 is 1.37. The van der Waals surface area contributed by atoms with Crippen molar-refractivity contribution in [2.75, 3.05) is 0 Å². The van der Waals surface area contributed by atoms with E-state index in [1.807, 2.05) is 37.3 Å². The summed E-state index contributed by atoms with van der Waals surface area (Å²) < 4.78 is 6.98. The predicted octanol–water partition coefficient (Wildman–Crippen LogP) is 3.63. The zero-order chi connectivity index (χ0) is 17.8.